The maximum Gasteiger partial charge on any atom is 0.260 e. The van der Waals surface area contributed by atoms with E-state index in [2.05, 4.69) is 14.9 Å². The van der Waals surface area contributed by atoms with Crippen molar-refractivity contribution in [2.75, 3.05) is 11.0 Å². The average molecular weight is 315 g/mol. The second kappa shape index (κ2) is 5.61. The van der Waals surface area contributed by atoms with Crippen LogP contribution in [-0.2, 0) is 10.0 Å². The highest BCUT2D eigenvalue weighted by atomic mass is 32.2. The SMILES string of the molecule is CS(=O)(=O)Nc1ccccc1-c1nc(-c2ccccc2)no1. The van der Waals surface area contributed by atoms with E-state index in [4.69, 9.17) is 4.52 Å². The van der Waals surface area contributed by atoms with E-state index in [0.717, 1.165) is 11.8 Å². The molecule has 0 unspecified atom stereocenters. The molecule has 0 spiro atoms. The lowest BCUT2D eigenvalue weighted by Gasteiger charge is -2.06. The van der Waals surface area contributed by atoms with Crippen molar-refractivity contribution in [3.8, 4) is 22.8 Å². The summed E-state index contributed by atoms with van der Waals surface area (Å²) >= 11 is 0. The summed E-state index contributed by atoms with van der Waals surface area (Å²) in [6, 6.07) is 16.3. The first-order valence-corrected chi connectivity index (χ1v) is 8.38. The summed E-state index contributed by atoms with van der Waals surface area (Å²) in [4.78, 5) is 4.33. The molecular formula is C15H13N3O3S. The van der Waals surface area contributed by atoms with Crippen LogP contribution in [-0.4, -0.2) is 24.8 Å². The zero-order valence-corrected chi connectivity index (χ0v) is 12.5. The number of sulfonamides is 1. The number of anilines is 1. The van der Waals surface area contributed by atoms with E-state index in [1.165, 1.54) is 0 Å². The Labute approximate surface area is 127 Å². The van der Waals surface area contributed by atoms with Gasteiger partial charge in [0.1, 0.15) is 0 Å². The van der Waals surface area contributed by atoms with E-state index in [0.29, 0.717) is 17.1 Å². The third kappa shape index (κ3) is 3.15. The van der Waals surface area contributed by atoms with Crippen molar-refractivity contribution < 1.29 is 12.9 Å². The minimum Gasteiger partial charge on any atom is -0.334 e. The molecule has 3 aromatic rings. The van der Waals surface area contributed by atoms with Gasteiger partial charge in [0.05, 0.1) is 17.5 Å². The fourth-order valence-corrected chi connectivity index (χ4v) is 2.57. The predicted molar refractivity (Wildman–Crippen MR) is 83.6 cm³/mol. The summed E-state index contributed by atoms with van der Waals surface area (Å²) < 4.78 is 30.6. The van der Waals surface area contributed by atoms with Gasteiger partial charge >= 0.3 is 0 Å². The molecule has 2 aromatic carbocycles. The Kier molecular flexibility index (Phi) is 3.64. The quantitative estimate of drug-likeness (QED) is 0.800. The van der Waals surface area contributed by atoms with Crippen molar-refractivity contribution in [1.82, 2.24) is 10.1 Å². The standard InChI is InChI=1S/C15H13N3O3S/c1-22(19,20)18-13-10-6-5-9-12(13)15-16-14(17-21-15)11-7-3-2-4-8-11/h2-10,18H,1H3. The number of nitrogens with one attached hydrogen (secondary N) is 1. The molecule has 6 nitrogen and oxygen atoms in total. The molecule has 3 rings (SSSR count). The van der Waals surface area contributed by atoms with Crippen LogP contribution in [0.5, 0.6) is 0 Å². The highest BCUT2D eigenvalue weighted by Gasteiger charge is 2.15. The van der Waals surface area contributed by atoms with Crippen molar-refractivity contribution in [2.45, 2.75) is 0 Å². The Balaban J connectivity index is 2.01. The van der Waals surface area contributed by atoms with Gasteiger partial charge in [-0.3, -0.25) is 4.72 Å². The van der Waals surface area contributed by atoms with Crippen LogP contribution >= 0.6 is 0 Å². The van der Waals surface area contributed by atoms with Gasteiger partial charge in [0, 0.05) is 5.56 Å². The van der Waals surface area contributed by atoms with E-state index in [-0.39, 0.29) is 5.89 Å². The molecule has 0 bridgehead atoms. The van der Waals surface area contributed by atoms with Crippen LogP contribution in [0.3, 0.4) is 0 Å². The van der Waals surface area contributed by atoms with Gasteiger partial charge < -0.3 is 4.52 Å². The Morgan fingerprint density at radius 1 is 1.00 bits per heavy atom. The van der Waals surface area contributed by atoms with Crippen LogP contribution in [0.25, 0.3) is 22.8 Å². The van der Waals surface area contributed by atoms with Gasteiger partial charge in [-0.15, -0.1) is 0 Å². The summed E-state index contributed by atoms with van der Waals surface area (Å²) in [5.74, 6) is 0.704. The van der Waals surface area contributed by atoms with Gasteiger partial charge in [-0.2, -0.15) is 4.98 Å². The zero-order valence-electron chi connectivity index (χ0n) is 11.7. The second-order valence-electron chi connectivity index (χ2n) is 4.71. The highest BCUT2D eigenvalue weighted by molar-refractivity contribution is 7.92. The predicted octanol–water partition coefficient (Wildman–Crippen LogP) is 2.78. The van der Waals surface area contributed by atoms with Crippen LogP contribution in [0.15, 0.2) is 59.1 Å². The fourth-order valence-electron chi connectivity index (χ4n) is 2.00. The summed E-state index contributed by atoms with van der Waals surface area (Å²) in [5.41, 5.74) is 1.75. The number of para-hydroxylation sites is 1. The van der Waals surface area contributed by atoms with Crippen molar-refractivity contribution in [3.05, 3.63) is 54.6 Å². The van der Waals surface area contributed by atoms with Gasteiger partial charge in [0.2, 0.25) is 15.8 Å². The first kappa shape index (κ1) is 14.3. The van der Waals surface area contributed by atoms with Crippen molar-refractivity contribution >= 4 is 15.7 Å². The monoisotopic (exact) mass is 315 g/mol. The molecule has 1 N–H and O–H groups in total. The van der Waals surface area contributed by atoms with E-state index in [1.807, 2.05) is 30.3 Å². The molecule has 0 aliphatic heterocycles. The minimum absolute atomic E-state index is 0.255. The smallest absolute Gasteiger partial charge is 0.260 e. The van der Waals surface area contributed by atoms with Crippen molar-refractivity contribution in [2.24, 2.45) is 0 Å². The van der Waals surface area contributed by atoms with Gasteiger partial charge in [-0.05, 0) is 12.1 Å². The summed E-state index contributed by atoms with van der Waals surface area (Å²) in [6.45, 7) is 0. The lowest BCUT2D eigenvalue weighted by atomic mass is 10.2. The van der Waals surface area contributed by atoms with Gasteiger partial charge in [0.25, 0.3) is 5.89 Å². The highest BCUT2D eigenvalue weighted by Crippen LogP contribution is 2.28. The molecule has 1 aromatic heterocycles. The number of benzene rings is 2. The molecule has 0 saturated heterocycles. The van der Waals surface area contributed by atoms with E-state index in [9.17, 15) is 8.42 Å². The molecule has 0 radical (unpaired) electrons. The van der Waals surface area contributed by atoms with Crippen LogP contribution in [0.1, 0.15) is 0 Å². The third-order valence-electron chi connectivity index (χ3n) is 2.91. The second-order valence-corrected chi connectivity index (χ2v) is 6.46. The van der Waals surface area contributed by atoms with Crippen LogP contribution in [0.2, 0.25) is 0 Å². The van der Waals surface area contributed by atoms with Crippen LogP contribution < -0.4 is 4.72 Å². The molecule has 0 aliphatic rings. The van der Waals surface area contributed by atoms with E-state index >= 15 is 0 Å². The van der Waals surface area contributed by atoms with Gasteiger partial charge in [0.15, 0.2) is 0 Å². The average Bonchev–Trinajstić information content (AvgIpc) is 2.97. The minimum atomic E-state index is -3.39. The zero-order chi connectivity index (χ0) is 15.6. The van der Waals surface area contributed by atoms with Crippen LogP contribution in [0, 0.1) is 0 Å². The fraction of sp³-hybridized carbons (Fsp3) is 0.0667. The molecule has 0 atom stereocenters. The van der Waals surface area contributed by atoms with E-state index in [1.54, 1.807) is 24.3 Å². The molecule has 0 amide bonds. The molecule has 22 heavy (non-hydrogen) atoms. The Morgan fingerprint density at radius 3 is 2.41 bits per heavy atom. The maximum atomic E-state index is 11.4. The number of rotatable bonds is 4. The molecule has 7 heteroatoms. The lowest BCUT2D eigenvalue weighted by Crippen LogP contribution is -2.10. The molecule has 112 valence electrons. The number of hydrogen-bond acceptors (Lipinski definition) is 5. The number of aromatic nitrogens is 2. The molecule has 0 saturated carbocycles. The molecule has 0 fully saturated rings. The van der Waals surface area contributed by atoms with Gasteiger partial charge in [-0.1, -0.05) is 47.6 Å². The topological polar surface area (TPSA) is 85.1 Å². The lowest BCUT2D eigenvalue weighted by molar-refractivity contribution is 0.432. The largest absolute Gasteiger partial charge is 0.334 e. The Bertz CT molecular complexity index is 889. The normalized spacial score (nSPS) is 11.3. The summed E-state index contributed by atoms with van der Waals surface area (Å²) in [5, 5.41) is 3.94. The molecule has 1 heterocycles. The summed E-state index contributed by atoms with van der Waals surface area (Å²) in [7, 11) is -3.39. The summed E-state index contributed by atoms with van der Waals surface area (Å²) in [6.07, 6.45) is 1.09. The van der Waals surface area contributed by atoms with Crippen LogP contribution in [0.4, 0.5) is 5.69 Å². The van der Waals surface area contributed by atoms with E-state index < -0.39 is 10.0 Å². The van der Waals surface area contributed by atoms with Crippen molar-refractivity contribution in [1.29, 1.82) is 0 Å². The van der Waals surface area contributed by atoms with Crippen molar-refractivity contribution in [3.63, 3.8) is 0 Å². The Hall–Kier alpha value is -2.67. The maximum absolute atomic E-state index is 11.4. The first-order chi connectivity index (χ1) is 10.5. The third-order valence-corrected chi connectivity index (χ3v) is 3.50. The van der Waals surface area contributed by atoms with Gasteiger partial charge in [-0.25, -0.2) is 8.42 Å². The number of nitrogens with zero attached hydrogens (tertiary/aromatic N) is 2. The molecule has 0 aliphatic carbocycles. The first-order valence-electron chi connectivity index (χ1n) is 6.49. The number of hydrogen-bond donors (Lipinski definition) is 1. The molecular weight excluding hydrogens is 302 g/mol. The Morgan fingerprint density at radius 2 is 1.68 bits per heavy atom.